The third-order valence-electron chi connectivity index (χ3n) is 4.10. The number of para-hydroxylation sites is 1. The van der Waals surface area contributed by atoms with Crippen LogP contribution in [0.15, 0.2) is 90.0 Å². The van der Waals surface area contributed by atoms with E-state index in [1.807, 2.05) is 84.9 Å². The van der Waals surface area contributed by atoms with Crippen molar-refractivity contribution in [3.8, 4) is 0 Å². The van der Waals surface area contributed by atoms with Gasteiger partial charge in [-0.2, -0.15) is 5.10 Å². The fourth-order valence-corrected chi connectivity index (χ4v) is 2.81. The van der Waals surface area contributed by atoms with Gasteiger partial charge in [-0.15, -0.1) is 5.10 Å². The summed E-state index contributed by atoms with van der Waals surface area (Å²) in [6.07, 6.45) is 0. The van der Waals surface area contributed by atoms with E-state index < -0.39 is 0 Å². The number of hydrazone groups is 1. The topological polar surface area (TPSA) is 72.2 Å². The second-order valence-electron chi connectivity index (χ2n) is 5.96. The summed E-state index contributed by atoms with van der Waals surface area (Å²) in [5, 5.41) is 12.5. The summed E-state index contributed by atoms with van der Waals surface area (Å²) < 4.78 is 1.56. The van der Waals surface area contributed by atoms with Crippen LogP contribution < -0.4 is 5.43 Å². The molecule has 0 aliphatic carbocycles. The van der Waals surface area contributed by atoms with Crippen molar-refractivity contribution < 1.29 is 4.79 Å². The Morgan fingerprint density at radius 2 is 1.44 bits per heavy atom. The molecule has 3 aromatic carbocycles. The number of carbonyl (C=O) groups excluding carboxylic acids is 1. The summed E-state index contributed by atoms with van der Waals surface area (Å²) in [7, 11) is 0. The second-order valence-corrected chi connectivity index (χ2v) is 5.96. The maximum Gasteiger partial charge on any atom is 0.261 e. The molecule has 1 aromatic heterocycles. The molecule has 0 saturated heterocycles. The zero-order valence-corrected chi connectivity index (χ0v) is 14.5. The highest BCUT2D eigenvalue weighted by Gasteiger charge is 2.10. The fourth-order valence-electron chi connectivity index (χ4n) is 2.81. The number of rotatable bonds is 5. The molecule has 132 valence electrons. The zero-order valence-electron chi connectivity index (χ0n) is 14.5. The van der Waals surface area contributed by atoms with Crippen molar-refractivity contribution in [1.82, 2.24) is 20.4 Å². The summed E-state index contributed by atoms with van der Waals surface area (Å²) >= 11 is 0. The van der Waals surface area contributed by atoms with E-state index in [9.17, 15) is 4.79 Å². The van der Waals surface area contributed by atoms with E-state index in [4.69, 9.17) is 0 Å². The molecule has 0 aliphatic rings. The number of carbonyl (C=O) groups is 1. The van der Waals surface area contributed by atoms with Gasteiger partial charge in [-0.3, -0.25) is 4.79 Å². The lowest BCUT2D eigenvalue weighted by molar-refractivity contribution is -0.121. The lowest BCUT2D eigenvalue weighted by atomic mass is 10.0. The molecule has 0 atom stereocenters. The van der Waals surface area contributed by atoms with Gasteiger partial charge in [0, 0.05) is 11.1 Å². The highest BCUT2D eigenvalue weighted by Crippen LogP contribution is 2.11. The van der Waals surface area contributed by atoms with E-state index in [2.05, 4.69) is 20.8 Å². The zero-order chi connectivity index (χ0) is 18.5. The Labute approximate surface area is 156 Å². The van der Waals surface area contributed by atoms with Crippen molar-refractivity contribution >= 4 is 22.7 Å². The number of benzene rings is 3. The van der Waals surface area contributed by atoms with Crippen molar-refractivity contribution in [2.75, 3.05) is 0 Å². The quantitative estimate of drug-likeness (QED) is 0.442. The number of fused-ring (bicyclic) bond motifs is 1. The van der Waals surface area contributed by atoms with Crippen LogP contribution in [0.4, 0.5) is 0 Å². The minimum atomic E-state index is -0.269. The lowest BCUT2D eigenvalue weighted by Crippen LogP contribution is -2.25. The molecule has 6 nitrogen and oxygen atoms in total. The summed E-state index contributed by atoms with van der Waals surface area (Å²) in [5.41, 5.74) is 6.76. The largest absolute Gasteiger partial charge is 0.271 e. The molecule has 0 spiro atoms. The summed E-state index contributed by atoms with van der Waals surface area (Å²) in [6.45, 7) is 0.0425. The van der Waals surface area contributed by atoms with Gasteiger partial charge in [0.15, 0.2) is 0 Å². The number of amides is 1. The molecule has 0 unspecified atom stereocenters. The van der Waals surface area contributed by atoms with Crippen molar-refractivity contribution in [2.24, 2.45) is 5.10 Å². The highest BCUT2D eigenvalue weighted by atomic mass is 16.2. The molecule has 0 radical (unpaired) electrons. The number of nitrogens with zero attached hydrogens (tertiary/aromatic N) is 4. The van der Waals surface area contributed by atoms with Crippen LogP contribution in [0.3, 0.4) is 0 Å². The summed E-state index contributed by atoms with van der Waals surface area (Å²) in [4.78, 5) is 12.4. The van der Waals surface area contributed by atoms with Crippen molar-refractivity contribution in [3.05, 3.63) is 96.1 Å². The van der Waals surface area contributed by atoms with Crippen molar-refractivity contribution in [2.45, 2.75) is 6.54 Å². The van der Waals surface area contributed by atoms with E-state index >= 15 is 0 Å². The van der Waals surface area contributed by atoms with Gasteiger partial charge in [-0.05, 0) is 12.1 Å². The summed E-state index contributed by atoms with van der Waals surface area (Å²) in [5.74, 6) is -0.269. The molecule has 1 heterocycles. The molecular formula is C21H17N5O. The SMILES string of the molecule is O=C(Cn1nnc2ccccc21)NN=C(c1ccccc1)c1ccccc1. The van der Waals surface area contributed by atoms with E-state index in [0.717, 1.165) is 22.2 Å². The Bertz CT molecular complexity index is 1050. The Kier molecular flexibility index (Phi) is 4.70. The first-order chi connectivity index (χ1) is 13.3. The number of aromatic nitrogens is 3. The van der Waals surface area contributed by atoms with Gasteiger partial charge in [-0.25, -0.2) is 10.1 Å². The van der Waals surface area contributed by atoms with Gasteiger partial charge < -0.3 is 0 Å². The molecule has 1 N–H and O–H groups in total. The maximum atomic E-state index is 12.4. The van der Waals surface area contributed by atoms with E-state index in [1.54, 1.807) is 4.68 Å². The van der Waals surface area contributed by atoms with Crippen LogP contribution in [0.2, 0.25) is 0 Å². The number of nitrogens with one attached hydrogen (secondary N) is 1. The van der Waals surface area contributed by atoms with Crippen LogP contribution in [0.25, 0.3) is 11.0 Å². The third-order valence-corrected chi connectivity index (χ3v) is 4.10. The molecule has 4 aromatic rings. The van der Waals surface area contributed by atoms with Gasteiger partial charge >= 0.3 is 0 Å². The first-order valence-corrected chi connectivity index (χ1v) is 8.57. The first kappa shape index (κ1) is 16.7. The van der Waals surface area contributed by atoms with Gasteiger partial charge in [0.25, 0.3) is 5.91 Å². The molecule has 6 heteroatoms. The molecule has 4 rings (SSSR count). The van der Waals surface area contributed by atoms with Crippen LogP contribution in [0.1, 0.15) is 11.1 Å². The second kappa shape index (κ2) is 7.61. The Morgan fingerprint density at radius 1 is 0.852 bits per heavy atom. The standard InChI is InChI=1S/C21H17N5O/c27-20(15-26-19-14-8-7-13-18(19)22-25-26)23-24-21(16-9-3-1-4-10-16)17-11-5-2-6-12-17/h1-14H,15H2,(H,23,27). The van der Waals surface area contributed by atoms with E-state index in [1.165, 1.54) is 0 Å². The molecule has 0 aliphatic heterocycles. The average molecular weight is 355 g/mol. The van der Waals surface area contributed by atoms with Gasteiger partial charge in [0.2, 0.25) is 0 Å². The predicted octanol–water partition coefficient (Wildman–Crippen LogP) is 3.00. The fraction of sp³-hybridized carbons (Fsp3) is 0.0476. The average Bonchev–Trinajstić information content (AvgIpc) is 3.13. The molecule has 1 amide bonds. The van der Waals surface area contributed by atoms with Crippen molar-refractivity contribution in [3.63, 3.8) is 0 Å². The smallest absolute Gasteiger partial charge is 0.261 e. The monoisotopic (exact) mass is 355 g/mol. The van der Waals surface area contributed by atoms with Crippen LogP contribution in [0.5, 0.6) is 0 Å². The number of hydrogen-bond donors (Lipinski definition) is 1. The summed E-state index contributed by atoms with van der Waals surface area (Å²) in [6, 6.07) is 27.0. The van der Waals surface area contributed by atoms with Gasteiger partial charge in [0.05, 0.1) is 11.2 Å². The third kappa shape index (κ3) is 3.74. The normalized spacial score (nSPS) is 10.5. The van der Waals surface area contributed by atoms with Gasteiger partial charge in [-0.1, -0.05) is 78.0 Å². The van der Waals surface area contributed by atoms with Crippen LogP contribution in [-0.2, 0) is 11.3 Å². The molecular weight excluding hydrogens is 338 g/mol. The van der Waals surface area contributed by atoms with Crippen LogP contribution in [-0.4, -0.2) is 26.6 Å². The molecule has 0 fully saturated rings. The molecule has 0 bridgehead atoms. The number of hydrogen-bond acceptors (Lipinski definition) is 4. The Hall–Kier alpha value is -3.80. The minimum absolute atomic E-state index is 0.0425. The Balaban J connectivity index is 1.57. The predicted molar refractivity (Wildman–Crippen MR) is 104 cm³/mol. The van der Waals surface area contributed by atoms with Crippen LogP contribution in [0, 0.1) is 0 Å². The van der Waals surface area contributed by atoms with Crippen LogP contribution >= 0.6 is 0 Å². The maximum absolute atomic E-state index is 12.4. The molecule has 0 saturated carbocycles. The van der Waals surface area contributed by atoms with Gasteiger partial charge in [0.1, 0.15) is 12.1 Å². The molecule has 27 heavy (non-hydrogen) atoms. The van der Waals surface area contributed by atoms with E-state index in [-0.39, 0.29) is 12.5 Å². The first-order valence-electron chi connectivity index (χ1n) is 8.57. The van der Waals surface area contributed by atoms with Crippen molar-refractivity contribution in [1.29, 1.82) is 0 Å². The lowest BCUT2D eigenvalue weighted by Gasteiger charge is -2.08. The highest BCUT2D eigenvalue weighted by molar-refractivity contribution is 6.13. The van der Waals surface area contributed by atoms with E-state index in [0.29, 0.717) is 5.71 Å². The minimum Gasteiger partial charge on any atom is -0.271 e. The Morgan fingerprint density at radius 3 is 2.11 bits per heavy atom.